The fraction of sp³-hybridized carbons (Fsp3) is 0.750. The largest absolute Gasteiger partial charge is 0.480 e. The summed E-state index contributed by atoms with van der Waals surface area (Å²) in [6.07, 6.45) is 1.33. The number of nitrogens with one attached hydrogen (secondary N) is 1. The molecule has 7 nitrogen and oxygen atoms in total. The summed E-state index contributed by atoms with van der Waals surface area (Å²) in [4.78, 5) is 19.7. The number of rotatable bonds is 3. The Bertz CT molecular complexity index is 221. The zero-order valence-corrected chi connectivity index (χ0v) is 8.51. The quantitative estimate of drug-likeness (QED) is 0.493. The lowest BCUT2D eigenvalue weighted by Gasteiger charge is -2.11. The SMILES string of the molecule is CNCC(=O)O.O=C(O)C1CCCN1O. The van der Waals surface area contributed by atoms with Gasteiger partial charge in [-0.1, -0.05) is 0 Å². The van der Waals surface area contributed by atoms with Crippen LogP contribution in [-0.2, 0) is 9.59 Å². The van der Waals surface area contributed by atoms with Gasteiger partial charge in [-0.3, -0.25) is 9.59 Å². The van der Waals surface area contributed by atoms with Crippen molar-refractivity contribution in [1.29, 1.82) is 0 Å². The molecule has 1 rings (SSSR count). The van der Waals surface area contributed by atoms with E-state index < -0.39 is 18.0 Å². The summed E-state index contributed by atoms with van der Waals surface area (Å²) in [6, 6.07) is -0.662. The van der Waals surface area contributed by atoms with E-state index in [-0.39, 0.29) is 6.54 Å². The molecule has 0 amide bonds. The maximum atomic E-state index is 10.2. The number of likely N-dealkylation sites (N-methyl/N-ethyl adjacent to an activating group) is 1. The monoisotopic (exact) mass is 220 g/mol. The van der Waals surface area contributed by atoms with Gasteiger partial charge in [0.1, 0.15) is 6.04 Å². The third-order valence-corrected chi connectivity index (χ3v) is 1.84. The highest BCUT2D eigenvalue weighted by atomic mass is 16.5. The van der Waals surface area contributed by atoms with Crippen molar-refractivity contribution in [1.82, 2.24) is 10.4 Å². The van der Waals surface area contributed by atoms with Gasteiger partial charge >= 0.3 is 11.9 Å². The van der Waals surface area contributed by atoms with Crippen LogP contribution in [0.15, 0.2) is 0 Å². The number of hydrogen-bond acceptors (Lipinski definition) is 5. The predicted molar refractivity (Wildman–Crippen MR) is 50.7 cm³/mol. The van der Waals surface area contributed by atoms with Crippen LogP contribution in [0.3, 0.4) is 0 Å². The molecular weight excluding hydrogens is 204 g/mol. The van der Waals surface area contributed by atoms with Crippen molar-refractivity contribution >= 4 is 11.9 Å². The summed E-state index contributed by atoms with van der Waals surface area (Å²) < 4.78 is 0. The number of carboxylic acid groups (broad SMARTS) is 2. The van der Waals surface area contributed by atoms with E-state index in [0.29, 0.717) is 13.0 Å². The van der Waals surface area contributed by atoms with Gasteiger partial charge in [0.2, 0.25) is 0 Å². The molecule has 1 saturated heterocycles. The average Bonchev–Trinajstić information content (AvgIpc) is 2.52. The van der Waals surface area contributed by atoms with Crippen molar-refractivity contribution in [3.05, 3.63) is 0 Å². The first kappa shape index (κ1) is 13.8. The third-order valence-electron chi connectivity index (χ3n) is 1.84. The number of carbonyl (C=O) groups is 2. The Hall–Kier alpha value is -1.18. The second-order valence-corrected chi connectivity index (χ2v) is 3.08. The highest BCUT2D eigenvalue weighted by Crippen LogP contribution is 2.13. The van der Waals surface area contributed by atoms with Gasteiger partial charge in [0.25, 0.3) is 0 Å². The number of nitrogens with zero attached hydrogens (tertiary/aromatic N) is 1. The number of carboxylic acids is 2. The van der Waals surface area contributed by atoms with Crippen LogP contribution in [0.2, 0.25) is 0 Å². The fourth-order valence-corrected chi connectivity index (χ4v) is 1.15. The third kappa shape index (κ3) is 6.00. The van der Waals surface area contributed by atoms with Gasteiger partial charge in [0.15, 0.2) is 0 Å². The molecule has 1 atom stereocenters. The summed E-state index contributed by atoms with van der Waals surface area (Å²) in [5.74, 6) is -1.76. The standard InChI is InChI=1S/C5H9NO3.C3H7NO2/c7-5(8)4-2-1-3-6(4)9;1-4-2-3(5)6/h4,9H,1-3H2,(H,7,8);4H,2H2,1H3,(H,5,6). The Morgan fingerprint density at radius 1 is 1.47 bits per heavy atom. The van der Waals surface area contributed by atoms with E-state index in [1.54, 1.807) is 7.05 Å². The first-order valence-corrected chi connectivity index (χ1v) is 4.53. The van der Waals surface area contributed by atoms with Crippen LogP contribution in [0.5, 0.6) is 0 Å². The molecule has 1 aliphatic rings. The zero-order chi connectivity index (χ0) is 11.8. The first-order chi connectivity index (χ1) is 6.99. The Morgan fingerprint density at radius 3 is 2.20 bits per heavy atom. The molecule has 4 N–H and O–H groups in total. The molecule has 88 valence electrons. The van der Waals surface area contributed by atoms with Gasteiger partial charge in [-0.25, -0.2) is 0 Å². The van der Waals surface area contributed by atoms with E-state index >= 15 is 0 Å². The van der Waals surface area contributed by atoms with Crippen molar-refractivity contribution in [3.8, 4) is 0 Å². The van der Waals surface area contributed by atoms with Gasteiger partial charge < -0.3 is 20.7 Å². The average molecular weight is 220 g/mol. The highest BCUT2D eigenvalue weighted by molar-refractivity contribution is 5.73. The molecule has 1 unspecified atom stereocenters. The topological polar surface area (TPSA) is 110 Å². The molecule has 0 bridgehead atoms. The minimum atomic E-state index is -0.935. The maximum absolute atomic E-state index is 10.2. The van der Waals surface area contributed by atoms with E-state index in [9.17, 15) is 9.59 Å². The molecule has 1 aliphatic heterocycles. The molecule has 0 aromatic rings. The molecular formula is C8H16N2O5. The van der Waals surface area contributed by atoms with Gasteiger partial charge in [0, 0.05) is 6.54 Å². The fourth-order valence-electron chi connectivity index (χ4n) is 1.15. The Kier molecular flexibility index (Phi) is 6.59. The van der Waals surface area contributed by atoms with Crippen LogP contribution >= 0.6 is 0 Å². The molecule has 7 heteroatoms. The second-order valence-electron chi connectivity index (χ2n) is 3.08. The van der Waals surface area contributed by atoms with Crippen LogP contribution in [0.1, 0.15) is 12.8 Å². The smallest absolute Gasteiger partial charge is 0.323 e. The van der Waals surface area contributed by atoms with E-state index in [4.69, 9.17) is 15.4 Å². The Balaban J connectivity index is 0.000000288. The molecule has 0 spiro atoms. The molecule has 15 heavy (non-hydrogen) atoms. The van der Waals surface area contributed by atoms with Gasteiger partial charge in [-0.05, 0) is 19.9 Å². The second kappa shape index (κ2) is 7.16. The minimum Gasteiger partial charge on any atom is -0.480 e. The molecule has 0 saturated carbocycles. The van der Waals surface area contributed by atoms with E-state index in [1.165, 1.54) is 0 Å². The summed E-state index contributed by atoms with van der Waals surface area (Å²) in [7, 11) is 1.59. The zero-order valence-electron chi connectivity index (χ0n) is 8.51. The van der Waals surface area contributed by atoms with Crippen LogP contribution in [-0.4, -0.2) is 58.6 Å². The molecule has 0 aromatic carbocycles. The van der Waals surface area contributed by atoms with E-state index in [0.717, 1.165) is 11.5 Å². The van der Waals surface area contributed by atoms with Crippen molar-refractivity contribution in [2.45, 2.75) is 18.9 Å². The lowest BCUT2D eigenvalue weighted by atomic mass is 10.2. The van der Waals surface area contributed by atoms with Crippen molar-refractivity contribution in [2.75, 3.05) is 20.1 Å². The van der Waals surface area contributed by atoms with Crippen LogP contribution < -0.4 is 5.32 Å². The Labute approximate surface area is 87.3 Å². The molecule has 1 heterocycles. The van der Waals surface area contributed by atoms with Gasteiger partial charge in [-0.2, -0.15) is 5.06 Å². The van der Waals surface area contributed by atoms with Crippen molar-refractivity contribution < 1.29 is 25.0 Å². The molecule has 0 aromatic heterocycles. The van der Waals surface area contributed by atoms with Crippen LogP contribution in [0.25, 0.3) is 0 Å². The van der Waals surface area contributed by atoms with Gasteiger partial charge in [0.05, 0.1) is 6.54 Å². The van der Waals surface area contributed by atoms with Crippen LogP contribution in [0, 0.1) is 0 Å². The van der Waals surface area contributed by atoms with Crippen molar-refractivity contribution in [3.63, 3.8) is 0 Å². The van der Waals surface area contributed by atoms with E-state index in [2.05, 4.69) is 5.32 Å². The summed E-state index contributed by atoms with van der Waals surface area (Å²) in [6.45, 7) is 0.525. The normalized spacial score (nSPS) is 20.5. The van der Waals surface area contributed by atoms with Crippen molar-refractivity contribution in [2.24, 2.45) is 0 Å². The molecule has 1 fully saturated rings. The van der Waals surface area contributed by atoms with Crippen LogP contribution in [0.4, 0.5) is 0 Å². The Morgan fingerprint density at radius 2 is 2.07 bits per heavy atom. The highest BCUT2D eigenvalue weighted by Gasteiger charge is 2.28. The first-order valence-electron chi connectivity index (χ1n) is 4.53. The summed E-state index contributed by atoms with van der Waals surface area (Å²) in [5, 5.41) is 28.4. The summed E-state index contributed by atoms with van der Waals surface area (Å²) in [5.41, 5.74) is 0. The minimum absolute atomic E-state index is 0.0417. The lowest BCUT2D eigenvalue weighted by Crippen LogP contribution is -2.32. The molecule has 0 aliphatic carbocycles. The van der Waals surface area contributed by atoms with E-state index in [1.807, 2.05) is 0 Å². The number of aliphatic carboxylic acids is 2. The van der Waals surface area contributed by atoms with Gasteiger partial charge in [-0.15, -0.1) is 0 Å². The maximum Gasteiger partial charge on any atom is 0.323 e. The lowest BCUT2D eigenvalue weighted by molar-refractivity contribution is -0.161. The predicted octanol–water partition coefficient (Wildman–Crippen LogP) is -0.785. The molecule has 0 radical (unpaired) electrons. The summed E-state index contributed by atoms with van der Waals surface area (Å²) >= 11 is 0. The number of hydroxylamine groups is 2. The number of hydrogen-bond donors (Lipinski definition) is 4.